The number of benzene rings is 1. The summed E-state index contributed by atoms with van der Waals surface area (Å²) in [5.41, 5.74) is 1.25. The average Bonchev–Trinajstić information content (AvgIpc) is 2.75. The van der Waals surface area contributed by atoms with Crippen LogP contribution in [0.3, 0.4) is 0 Å². The molecule has 0 atom stereocenters. The van der Waals surface area contributed by atoms with Crippen LogP contribution in [-0.4, -0.2) is 52.6 Å². The molecular weight excluding hydrogens is 372 g/mol. The van der Waals surface area contributed by atoms with Gasteiger partial charge in [0, 0.05) is 25.3 Å². The predicted molar refractivity (Wildman–Crippen MR) is 106 cm³/mol. The number of para-hydroxylation sites is 1. The highest BCUT2D eigenvalue weighted by Crippen LogP contribution is 2.18. The lowest BCUT2D eigenvalue weighted by atomic mass is 10.1. The second-order valence-electron chi connectivity index (χ2n) is 6.48. The summed E-state index contributed by atoms with van der Waals surface area (Å²) in [5.74, 6) is -0.0731. The third-order valence-corrected chi connectivity index (χ3v) is 4.54. The minimum absolute atomic E-state index is 0.0427. The molecule has 3 rings (SSSR count). The van der Waals surface area contributed by atoms with E-state index in [-0.39, 0.29) is 29.7 Å². The minimum atomic E-state index is -0.318. The Kier molecular flexibility index (Phi) is 6.58. The molecule has 0 bridgehead atoms. The zero-order valence-electron chi connectivity index (χ0n) is 16.1. The van der Waals surface area contributed by atoms with Crippen LogP contribution in [0.2, 0.25) is 0 Å². The molecule has 1 fully saturated rings. The first-order valence-electron chi connectivity index (χ1n) is 9.42. The highest BCUT2D eigenvalue weighted by molar-refractivity contribution is 5.92. The van der Waals surface area contributed by atoms with Gasteiger partial charge < -0.3 is 20.3 Å². The Morgan fingerprint density at radius 2 is 2.03 bits per heavy atom. The Labute approximate surface area is 168 Å². The fraction of sp³-hybridized carbons (Fsp3) is 0.350. The number of carbonyl (C=O) groups is 2. The Hall–Kier alpha value is -3.67. The van der Waals surface area contributed by atoms with Crippen molar-refractivity contribution in [2.24, 2.45) is 0 Å². The van der Waals surface area contributed by atoms with Crippen LogP contribution in [0.15, 0.2) is 36.5 Å². The molecule has 0 spiro atoms. The molecule has 0 radical (unpaired) electrons. The molecule has 0 unspecified atom stereocenters. The van der Waals surface area contributed by atoms with Crippen LogP contribution in [0, 0.1) is 11.3 Å². The first kappa shape index (κ1) is 20.1. The van der Waals surface area contributed by atoms with Gasteiger partial charge in [-0.2, -0.15) is 5.26 Å². The van der Waals surface area contributed by atoms with Crippen molar-refractivity contribution in [3.05, 3.63) is 47.8 Å². The Morgan fingerprint density at radius 1 is 1.28 bits per heavy atom. The molecular formula is C20H22N6O3. The molecule has 0 aliphatic carbocycles. The van der Waals surface area contributed by atoms with Gasteiger partial charge in [-0.1, -0.05) is 12.1 Å². The predicted octanol–water partition coefficient (Wildman–Crippen LogP) is 2.44. The number of anilines is 2. The molecule has 2 aromatic rings. The molecule has 9 heteroatoms. The Balaban J connectivity index is 1.59. The molecule has 150 valence electrons. The number of piperidine rings is 1. The van der Waals surface area contributed by atoms with Crippen molar-refractivity contribution in [3.8, 4) is 6.07 Å². The third-order valence-electron chi connectivity index (χ3n) is 4.54. The van der Waals surface area contributed by atoms with Gasteiger partial charge in [0.05, 0.1) is 17.9 Å². The van der Waals surface area contributed by atoms with Gasteiger partial charge in [0.2, 0.25) is 5.95 Å². The molecule has 1 saturated heterocycles. The number of aromatic nitrogens is 2. The van der Waals surface area contributed by atoms with E-state index in [0.717, 1.165) is 0 Å². The van der Waals surface area contributed by atoms with Crippen LogP contribution in [-0.2, 0) is 4.74 Å². The topological polar surface area (TPSA) is 120 Å². The number of nitrogens with one attached hydrogen (secondary N) is 2. The summed E-state index contributed by atoms with van der Waals surface area (Å²) in [6.45, 7) is 3.18. The smallest absolute Gasteiger partial charge is 0.409 e. The number of hydrogen-bond acceptors (Lipinski definition) is 7. The fourth-order valence-electron chi connectivity index (χ4n) is 3.04. The molecule has 9 nitrogen and oxygen atoms in total. The fourth-order valence-corrected chi connectivity index (χ4v) is 3.04. The van der Waals surface area contributed by atoms with Gasteiger partial charge in [0.15, 0.2) is 0 Å². The zero-order chi connectivity index (χ0) is 20.6. The summed E-state index contributed by atoms with van der Waals surface area (Å²) in [6.07, 6.45) is 2.47. The van der Waals surface area contributed by atoms with Crippen LogP contribution < -0.4 is 10.6 Å². The number of carbonyl (C=O) groups excluding carboxylic acids is 2. The zero-order valence-corrected chi connectivity index (χ0v) is 16.1. The number of nitrogens with zero attached hydrogens (tertiary/aromatic N) is 4. The van der Waals surface area contributed by atoms with E-state index in [4.69, 9.17) is 4.74 Å². The van der Waals surface area contributed by atoms with Crippen molar-refractivity contribution in [3.63, 3.8) is 0 Å². The van der Waals surface area contributed by atoms with E-state index in [1.165, 1.54) is 12.3 Å². The monoisotopic (exact) mass is 394 g/mol. The lowest BCUT2D eigenvalue weighted by Crippen LogP contribution is -2.46. The van der Waals surface area contributed by atoms with Gasteiger partial charge in [-0.15, -0.1) is 0 Å². The van der Waals surface area contributed by atoms with Crippen molar-refractivity contribution in [2.45, 2.75) is 25.8 Å². The van der Waals surface area contributed by atoms with E-state index in [0.29, 0.717) is 43.8 Å². The van der Waals surface area contributed by atoms with Gasteiger partial charge in [0.1, 0.15) is 11.8 Å². The first-order valence-corrected chi connectivity index (χ1v) is 9.42. The maximum atomic E-state index is 12.6. The molecule has 1 aliphatic heterocycles. The van der Waals surface area contributed by atoms with E-state index in [2.05, 4.69) is 26.7 Å². The van der Waals surface area contributed by atoms with Crippen molar-refractivity contribution in [1.82, 2.24) is 20.2 Å². The lowest BCUT2D eigenvalue weighted by Gasteiger charge is -2.31. The highest BCUT2D eigenvalue weighted by atomic mass is 16.6. The van der Waals surface area contributed by atoms with Crippen molar-refractivity contribution in [1.29, 1.82) is 5.26 Å². The molecule has 2 heterocycles. The largest absolute Gasteiger partial charge is 0.450 e. The van der Waals surface area contributed by atoms with E-state index in [1.807, 2.05) is 0 Å². The van der Waals surface area contributed by atoms with Crippen molar-refractivity contribution in [2.75, 3.05) is 25.0 Å². The van der Waals surface area contributed by atoms with E-state index >= 15 is 0 Å². The number of hydrogen-bond donors (Lipinski definition) is 2. The summed E-state index contributed by atoms with van der Waals surface area (Å²) >= 11 is 0. The summed E-state index contributed by atoms with van der Waals surface area (Å²) < 4.78 is 5.00. The Morgan fingerprint density at radius 3 is 2.76 bits per heavy atom. The second-order valence-corrected chi connectivity index (χ2v) is 6.48. The number of rotatable bonds is 5. The highest BCUT2D eigenvalue weighted by Gasteiger charge is 2.25. The van der Waals surface area contributed by atoms with E-state index in [9.17, 15) is 14.9 Å². The SMILES string of the molecule is CCOC(=O)N1CCC(NC(=O)c2ccnc(Nc3ccccc3C#N)n2)CC1. The first-order chi connectivity index (χ1) is 14.1. The second kappa shape index (κ2) is 9.50. The molecule has 1 aromatic heterocycles. The van der Waals surface area contributed by atoms with Gasteiger partial charge in [-0.25, -0.2) is 14.8 Å². The van der Waals surface area contributed by atoms with Crippen LogP contribution in [0.4, 0.5) is 16.4 Å². The summed E-state index contributed by atoms with van der Waals surface area (Å²) in [4.78, 5) is 34.3. The van der Waals surface area contributed by atoms with Gasteiger partial charge >= 0.3 is 6.09 Å². The van der Waals surface area contributed by atoms with Crippen molar-refractivity contribution < 1.29 is 14.3 Å². The van der Waals surface area contributed by atoms with Crippen LogP contribution in [0.1, 0.15) is 35.8 Å². The van der Waals surface area contributed by atoms with Crippen LogP contribution in [0.5, 0.6) is 0 Å². The van der Waals surface area contributed by atoms with E-state index in [1.54, 1.807) is 36.1 Å². The lowest BCUT2D eigenvalue weighted by molar-refractivity contribution is 0.0856. The molecule has 1 aliphatic rings. The third kappa shape index (κ3) is 5.19. The number of likely N-dealkylation sites (tertiary alicyclic amines) is 1. The minimum Gasteiger partial charge on any atom is -0.450 e. The van der Waals surface area contributed by atoms with Gasteiger partial charge in [-0.05, 0) is 38.0 Å². The molecule has 1 aromatic carbocycles. The molecule has 0 saturated carbocycles. The summed E-state index contributed by atoms with van der Waals surface area (Å²) in [7, 11) is 0. The molecule has 2 amide bonds. The number of amides is 2. The van der Waals surface area contributed by atoms with E-state index < -0.39 is 0 Å². The maximum absolute atomic E-state index is 12.6. The Bertz CT molecular complexity index is 918. The van der Waals surface area contributed by atoms with Gasteiger partial charge in [-0.3, -0.25) is 4.79 Å². The standard InChI is InChI=1S/C20H22N6O3/c1-2-29-20(28)26-11-8-15(9-12-26)23-18(27)17-7-10-22-19(25-17)24-16-6-4-3-5-14(16)13-21/h3-7,10,15H,2,8-9,11-12H2,1H3,(H,23,27)(H,22,24,25). The average molecular weight is 394 g/mol. The maximum Gasteiger partial charge on any atom is 0.409 e. The quantitative estimate of drug-likeness (QED) is 0.799. The normalized spacial score (nSPS) is 14.0. The summed E-state index contributed by atoms with van der Waals surface area (Å²) in [5, 5.41) is 15.1. The molecule has 29 heavy (non-hydrogen) atoms. The van der Waals surface area contributed by atoms with Crippen molar-refractivity contribution >= 4 is 23.6 Å². The number of nitriles is 1. The van der Waals surface area contributed by atoms with Gasteiger partial charge in [0.25, 0.3) is 5.91 Å². The van der Waals surface area contributed by atoms with Crippen LogP contribution in [0.25, 0.3) is 0 Å². The molecule has 2 N–H and O–H groups in total. The van der Waals surface area contributed by atoms with Crippen LogP contribution >= 0.6 is 0 Å². The summed E-state index contributed by atoms with van der Waals surface area (Å²) in [6, 6.07) is 10.6. The number of ether oxygens (including phenoxy) is 1.